The summed E-state index contributed by atoms with van der Waals surface area (Å²) in [6, 6.07) is 6.81. The van der Waals surface area contributed by atoms with Gasteiger partial charge in [-0.15, -0.1) is 0 Å². The average molecular weight is 331 g/mol. The standard InChI is InChI=1S/C15H21BrClN/c1-10-3-6-15(11(2)7-10)18-9-12-4-5-14(17)13(16)8-12/h4-5,8,10-11,15,18H,3,6-7,9H2,1-2H3. The van der Waals surface area contributed by atoms with Crippen LogP contribution in [0.3, 0.4) is 0 Å². The first-order valence-corrected chi connectivity index (χ1v) is 7.90. The molecule has 1 aliphatic carbocycles. The monoisotopic (exact) mass is 329 g/mol. The maximum absolute atomic E-state index is 6.00. The first-order chi connectivity index (χ1) is 8.56. The largest absolute Gasteiger partial charge is 0.310 e. The predicted molar refractivity (Wildman–Crippen MR) is 82.0 cm³/mol. The highest BCUT2D eigenvalue weighted by Crippen LogP contribution is 2.29. The normalized spacial score (nSPS) is 28.3. The van der Waals surface area contributed by atoms with Crippen LogP contribution in [0.1, 0.15) is 38.7 Å². The Morgan fingerprint density at radius 2 is 2.11 bits per heavy atom. The highest BCUT2D eigenvalue weighted by atomic mass is 79.9. The molecule has 0 saturated heterocycles. The zero-order chi connectivity index (χ0) is 13.1. The molecule has 0 bridgehead atoms. The molecule has 18 heavy (non-hydrogen) atoms. The molecule has 1 saturated carbocycles. The minimum absolute atomic E-state index is 0.663. The summed E-state index contributed by atoms with van der Waals surface area (Å²) in [4.78, 5) is 0. The molecule has 1 aliphatic rings. The van der Waals surface area contributed by atoms with Crippen LogP contribution >= 0.6 is 27.5 Å². The quantitative estimate of drug-likeness (QED) is 0.821. The van der Waals surface area contributed by atoms with Crippen molar-refractivity contribution < 1.29 is 0 Å². The van der Waals surface area contributed by atoms with Gasteiger partial charge in [-0.3, -0.25) is 0 Å². The zero-order valence-electron chi connectivity index (χ0n) is 11.0. The van der Waals surface area contributed by atoms with Gasteiger partial charge in [-0.1, -0.05) is 31.5 Å². The van der Waals surface area contributed by atoms with E-state index in [4.69, 9.17) is 11.6 Å². The molecule has 1 aromatic carbocycles. The second kappa shape index (κ2) is 6.40. The van der Waals surface area contributed by atoms with Crippen molar-refractivity contribution >= 4 is 27.5 Å². The molecule has 1 N–H and O–H groups in total. The lowest BCUT2D eigenvalue weighted by atomic mass is 9.80. The lowest BCUT2D eigenvalue weighted by Crippen LogP contribution is -2.38. The van der Waals surface area contributed by atoms with Gasteiger partial charge in [-0.05, 0) is 64.7 Å². The summed E-state index contributed by atoms with van der Waals surface area (Å²) in [7, 11) is 0. The number of benzene rings is 1. The van der Waals surface area contributed by atoms with E-state index in [0.717, 1.165) is 27.9 Å². The summed E-state index contributed by atoms with van der Waals surface area (Å²) in [5, 5.41) is 4.47. The molecule has 3 unspecified atom stereocenters. The van der Waals surface area contributed by atoms with Crippen molar-refractivity contribution in [3.05, 3.63) is 33.3 Å². The summed E-state index contributed by atoms with van der Waals surface area (Å²) in [5.74, 6) is 1.67. The van der Waals surface area contributed by atoms with E-state index in [1.165, 1.54) is 24.8 Å². The van der Waals surface area contributed by atoms with Crippen molar-refractivity contribution in [2.75, 3.05) is 0 Å². The maximum atomic E-state index is 6.00. The predicted octanol–water partition coefficient (Wildman–Crippen LogP) is 5.02. The zero-order valence-corrected chi connectivity index (χ0v) is 13.4. The fraction of sp³-hybridized carbons (Fsp3) is 0.600. The van der Waals surface area contributed by atoms with Crippen LogP contribution in [0, 0.1) is 11.8 Å². The SMILES string of the molecule is CC1CCC(NCc2ccc(Cl)c(Br)c2)C(C)C1. The Labute approximate surface area is 123 Å². The van der Waals surface area contributed by atoms with Gasteiger partial charge in [0.1, 0.15) is 0 Å². The lowest BCUT2D eigenvalue weighted by molar-refractivity contribution is 0.227. The highest BCUT2D eigenvalue weighted by molar-refractivity contribution is 9.10. The van der Waals surface area contributed by atoms with Crippen LogP contribution in [-0.4, -0.2) is 6.04 Å². The molecule has 1 nitrogen and oxygen atoms in total. The van der Waals surface area contributed by atoms with Gasteiger partial charge in [0, 0.05) is 17.1 Å². The van der Waals surface area contributed by atoms with E-state index in [-0.39, 0.29) is 0 Å². The molecule has 3 heteroatoms. The Kier molecular flexibility index (Phi) is 5.11. The fourth-order valence-electron chi connectivity index (χ4n) is 2.87. The number of rotatable bonds is 3. The molecule has 0 heterocycles. The topological polar surface area (TPSA) is 12.0 Å². The van der Waals surface area contributed by atoms with Gasteiger partial charge in [0.15, 0.2) is 0 Å². The van der Waals surface area contributed by atoms with E-state index in [9.17, 15) is 0 Å². The van der Waals surface area contributed by atoms with Crippen LogP contribution in [0.5, 0.6) is 0 Å². The van der Waals surface area contributed by atoms with E-state index in [1.807, 2.05) is 6.07 Å². The van der Waals surface area contributed by atoms with Crippen molar-refractivity contribution in [1.82, 2.24) is 5.32 Å². The lowest BCUT2D eigenvalue weighted by Gasteiger charge is -2.33. The average Bonchev–Trinajstić information content (AvgIpc) is 2.32. The summed E-state index contributed by atoms with van der Waals surface area (Å²) in [6.07, 6.45) is 4.01. The second-order valence-electron chi connectivity index (χ2n) is 5.63. The maximum Gasteiger partial charge on any atom is 0.0548 e. The van der Waals surface area contributed by atoms with Crippen molar-refractivity contribution in [1.29, 1.82) is 0 Å². The van der Waals surface area contributed by atoms with E-state index < -0.39 is 0 Å². The van der Waals surface area contributed by atoms with Gasteiger partial charge >= 0.3 is 0 Å². The van der Waals surface area contributed by atoms with E-state index in [2.05, 4.69) is 47.2 Å². The third kappa shape index (κ3) is 3.72. The Morgan fingerprint density at radius 3 is 2.78 bits per heavy atom. The summed E-state index contributed by atoms with van der Waals surface area (Å²) in [6.45, 7) is 5.66. The third-order valence-electron chi connectivity index (χ3n) is 3.98. The molecule has 0 radical (unpaired) electrons. The van der Waals surface area contributed by atoms with Gasteiger partial charge in [-0.2, -0.15) is 0 Å². The first kappa shape index (κ1) is 14.4. The minimum atomic E-state index is 0.663. The Morgan fingerprint density at radius 1 is 1.33 bits per heavy atom. The second-order valence-corrected chi connectivity index (χ2v) is 6.89. The smallest absolute Gasteiger partial charge is 0.0548 e. The molecule has 1 fully saturated rings. The molecular formula is C15H21BrClN. The van der Waals surface area contributed by atoms with Crippen LogP contribution in [0.2, 0.25) is 5.02 Å². The number of hydrogen-bond donors (Lipinski definition) is 1. The van der Waals surface area contributed by atoms with Crippen molar-refractivity contribution in [2.45, 2.75) is 45.7 Å². The number of nitrogens with one attached hydrogen (secondary N) is 1. The van der Waals surface area contributed by atoms with Crippen LogP contribution in [0.4, 0.5) is 0 Å². The Bertz CT molecular complexity index is 407. The molecule has 0 aliphatic heterocycles. The van der Waals surface area contributed by atoms with Crippen molar-refractivity contribution in [2.24, 2.45) is 11.8 Å². The molecule has 0 spiro atoms. The third-order valence-corrected chi connectivity index (χ3v) is 5.20. The van der Waals surface area contributed by atoms with Crippen LogP contribution in [-0.2, 0) is 6.54 Å². The molecule has 0 amide bonds. The summed E-state index contributed by atoms with van der Waals surface area (Å²) >= 11 is 9.47. The van der Waals surface area contributed by atoms with Gasteiger partial charge in [0.05, 0.1) is 5.02 Å². The molecule has 3 atom stereocenters. The number of halogens is 2. The van der Waals surface area contributed by atoms with E-state index in [0.29, 0.717) is 6.04 Å². The Balaban J connectivity index is 1.89. The summed E-state index contributed by atoms with van der Waals surface area (Å²) < 4.78 is 0.980. The summed E-state index contributed by atoms with van der Waals surface area (Å²) in [5.41, 5.74) is 1.29. The van der Waals surface area contributed by atoms with Crippen molar-refractivity contribution in [3.8, 4) is 0 Å². The van der Waals surface area contributed by atoms with E-state index >= 15 is 0 Å². The molecule has 100 valence electrons. The molecular weight excluding hydrogens is 310 g/mol. The van der Waals surface area contributed by atoms with Crippen LogP contribution < -0.4 is 5.32 Å². The fourth-order valence-corrected chi connectivity index (χ4v) is 3.41. The number of hydrogen-bond acceptors (Lipinski definition) is 1. The van der Waals surface area contributed by atoms with Crippen LogP contribution in [0.15, 0.2) is 22.7 Å². The highest BCUT2D eigenvalue weighted by Gasteiger charge is 2.24. The van der Waals surface area contributed by atoms with Crippen molar-refractivity contribution in [3.63, 3.8) is 0 Å². The van der Waals surface area contributed by atoms with Crippen LogP contribution in [0.25, 0.3) is 0 Å². The van der Waals surface area contributed by atoms with Gasteiger partial charge in [0.25, 0.3) is 0 Å². The first-order valence-electron chi connectivity index (χ1n) is 6.73. The van der Waals surface area contributed by atoms with E-state index in [1.54, 1.807) is 0 Å². The van der Waals surface area contributed by atoms with Gasteiger partial charge in [-0.25, -0.2) is 0 Å². The molecule has 2 rings (SSSR count). The molecule has 0 aromatic heterocycles. The van der Waals surface area contributed by atoms with Gasteiger partial charge in [0.2, 0.25) is 0 Å². The van der Waals surface area contributed by atoms with Gasteiger partial charge < -0.3 is 5.32 Å². The minimum Gasteiger partial charge on any atom is -0.310 e. The Hall–Kier alpha value is -0.0500. The molecule has 1 aromatic rings.